The standard InChI is InChI=1S/C15H18N4O2/c1-3-21-14(20)13-10-18-15(19-11(13)2)17-9-6-12-4-7-16-8-5-12/h4-5,7-8,10H,3,6,9H2,1-2H3,(H,17,18,19). The molecule has 2 rings (SSSR count). The second-order valence-electron chi connectivity index (χ2n) is 4.45. The van der Waals surface area contributed by atoms with Gasteiger partial charge in [-0.25, -0.2) is 14.8 Å². The predicted octanol–water partition coefficient (Wildman–Crippen LogP) is 2.01. The number of ether oxygens (including phenoxy) is 1. The van der Waals surface area contributed by atoms with E-state index in [1.807, 2.05) is 12.1 Å². The zero-order valence-electron chi connectivity index (χ0n) is 12.2. The topological polar surface area (TPSA) is 77.0 Å². The molecular formula is C15H18N4O2. The number of hydrogen-bond donors (Lipinski definition) is 1. The van der Waals surface area contributed by atoms with Gasteiger partial charge in [-0.1, -0.05) is 0 Å². The van der Waals surface area contributed by atoms with Gasteiger partial charge in [-0.05, 0) is 38.0 Å². The molecule has 110 valence electrons. The number of anilines is 1. The highest BCUT2D eigenvalue weighted by Gasteiger charge is 2.12. The fraction of sp³-hybridized carbons (Fsp3) is 0.333. The van der Waals surface area contributed by atoms with E-state index >= 15 is 0 Å². The van der Waals surface area contributed by atoms with E-state index in [4.69, 9.17) is 4.74 Å². The van der Waals surface area contributed by atoms with Gasteiger partial charge in [0.15, 0.2) is 0 Å². The highest BCUT2D eigenvalue weighted by Crippen LogP contribution is 2.09. The van der Waals surface area contributed by atoms with E-state index in [0.29, 0.717) is 30.4 Å². The normalized spacial score (nSPS) is 10.2. The summed E-state index contributed by atoms with van der Waals surface area (Å²) in [5.74, 6) is 0.118. The summed E-state index contributed by atoms with van der Waals surface area (Å²) in [5, 5.41) is 3.14. The molecule has 2 heterocycles. The summed E-state index contributed by atoms with van der Waals surface area (Å²) in [7, 11) is 0. The smallest absolute Gasteiger partial charge is 0.341 e. The minimum absolute atomic E-state index is 0.338. The molecule has 2 aromatic heterocycles. The number of nitrogens with one attached hydrogen (secondary N) is 1. The lowest BCUT2D eigenvalue weighted by Crippen LogP contribution is -2.12. The van der Waals surface area contributed by atoms with Crippen LogP contribution >= 0.6 is 0 Å². The molecule has 0 unspecified atom stereocenters. The highest BCUT2D eigenvalue weighted by molar-refractivity contribution is 5.90. The van der Waals surface area contributed by atoms with E-state index in [-0.39, 0.29) is 0 Å². The van der Waals surface area contributed by atoms with Gasteiger partial charge in [0.25, 0.3) is 0 Å². The first kappa shape index (κ1) is 14.9. The van der Waals surface area contributed by atoms with Crippen molar-refractivity contribution >= 4 is 11.9 Å². The number of carbonyl (C=O) groups excluding carboxylic acids is 1. The summed E-state index contributed by atoms with van der Waals surface area (Å²) < 4.78 is 4.94. The van der Waals surface area contributed by atoms with E-state index in [0.717, 1.165) is 6.42 Å². The molecule has 0 saturated heterocycles. The molecule has 0 radical (unpaired) electrons. The van der Waals surface area contributed by atoms with E-state index in [1.165, 1.54) is 11.8 Å². The SMILES string of the molecule is CCOC(=O)c1cnc(NCCc2ccncc2)nc1C. The van der Waals surface area contributed by atoms with Crippen LogP contribution in [0.1, 0.15) is 28.5 Å². The van der Waals surface area contributed by atoms with Crippen LogP contribution in [0.2, 0.25) is 0 Å². The molecule has 6 heteroatoms. The average Bonchev–Trinajstić information content (AvgIpc) is 2.48. The van der Waals surface area contributed by atoms with Crippen LogP contribution in [0, 0.1) is 6.92 Å². The molecule has 0 fully saturated rings. The summed E-state index contributed by atoms with van der Waals surface area (Å²) in [6.45, 7) is 4.58. The molecule has 0 aromatic carbocycles. The van der Waals surface area contributed by atoms with Crippen LogP contribution in [-0.4, -0.2) is 34.1 Å². The lowest BCUT2D eigenvalue weighted by atomic mass is 10.2. The maximum absolute atomic E-state index is 11.6. The zero-order valence-corrected chi connectivity index (χ0v) is 12.2. The van der Waals surface area contributed by atoms with Crippen molar-refractivity contribution in [1.82, 2.24) is 15.0 Å². The van der Waals surface area contributed by atoms with Crippen LogP contribution < -0.4 is 5.32 Å². The number of rotatable bonds is 6. The lowest BCUT2D eigenvalue weighted by molar-refractivity contribution is 0.0524. The van der Waals surface area contributed by atoms with Crippen molar-refractivity contribution in [2.24, 2.45) is 0 Å². The van der Waals surface area contributed by atoms with Crippen LogP contribution in [0.15, 0.2) is 30.7 Å². The van der Waals surface area contributed by atoms with Crippen LogP contribution in [0.25, 0.3) is 0 Å². The number of hydrogen-bond acceptors (Lipinski definition) is 6. The lowest BCUT2D eigenvalue weighted by Gasteiger charge is -2.08. The van der Waals surface area contributed by atoms with E-state index in [9.17, 15) is 4.79 Å². The summed E-state index contributed by atoms with van der Waals surface area (Å²) >= 11 is 0. The highest BCUT2D eigenvalue weighted by atomic mass is 16.5. The van der Waals surface area contributed by atoms with Gasteiger partial charge in [-0.2, -0.15) is 0 Å². The molecule has 0 amide bonds. The first-order chi connectivity index (χ1) is 10.2. The van der Waals surface area contributed by atoms with Crippen molar-refractivity contribution in [3.05, 3.63) is 47.5 Å². The monoisotopic (exact) mass is 286 g/mol. The van der Waals surface area contributed by atoms with E-state index in [2.05, 4.69) is 20.3 Å². The minimum atomic E-state index is -0.390. The number of pyridine rings is 1. The van der Waals surface area contributed by atoms with Gasteiger partial charge in [0.05, 0.1) is 17.9 Å². The average molecular weight is 286 g/mol. The summed E-state index contributed by atoms with van der Waals surface area (Å²) in [6, 6.07) is 3.94. The molecule has 21 heavy (non-hydrogen) atoms. The molecule has 0 aliphatic rings. The van der Waals surface area contributed by atoms with Crippen LogP contribution in [-0.2, 0) is 11.2 Å². The Morgan fingerprint density at radius 3 is 2.76 bits per heavy atom. The van der Waals surface area contributed by atoms with Gasteiger partial charge in [0, 0.05) is 25.1 Å². The molecule has 0 saturated carbocycles. The largest absolute Gasteiger partial charge is 0.462 e. The third-order valence-corrected chi connectivity index (χ3v) is 2.92. The second-order valence-corrected chi connectivity index (χ2v) is 4.45. The molecule has 6 nitrogen and oxygen atoms in total. The zero-order chi connectivity index (χ0) is 15.1. The van der Waals surface area contributed by atoms with Gasteiger partial charge >= 0.3 is 5.97 Å². The molecule has 1 N–H and O–H groups in total. The van der Waals surface area contributed by atoms with E-state index < -0.39 is 5.97 Å². The third-order valence-electron chi connectivity index (χ3n) is 2.92. The van der Waals surface area contributed by atoms with Crippen molar-refractivity contribution in [3.63, 3.8) is 0 Å². The first-order valence-electron chi connectivity index (χ1n) is 6.84. The van der Waals surface area contributed by atoms with Gasteiger partial charge in [-0.3, -0.25) is 4.98 Å². The Labute approximate surface area is 123 Å². The van der Waals surface area contributed by atoms with Crippen molar-refractivity contribution in [3.8, 4) is 0 Å². The van der Waals surface area contributed by atoms with Crippen molar-refractivity contribution in [2.45, 2.75) is 20.3 Å². The van der Waals surface area contributed by atoms with Gasteiger partial charge in [-0.15, -0.1) is 0 Å². The van der Waals surface area contributed by atoms with Crippen LogP contribution in [0.5, 0.6) is 0 Å². The minimum Gasteiger partial charge on any atom is -0.462 e. The predicted molar refractivity (Wildman–Crippen MR) is 79.2 cm³/mol. The Hall–Kier alpha value is -2.50. The molecule has 0 spiro atoms. The fourth-order valence-electron chi connectivity index (χ4n) is 1.83. The summed E-state index contributed by atoms with van der Waals surface area (Å²) in [6.07, 6.45) is 5.88. The number of esters is 1. The Kier molecular flexibility index (Phi) is 5.20. The second kappa shape index (κ2) is 7.33. The Morgan fingerprint density at radius 1 is 1.33 bits per heavy atom. The molecule has 0 aliphatic heterocycles. The van der Waals surface area contributed by atoms with Crippen molar-refractivity contribution < 1.29 is 9.53 Å². The van der Waals surface area contributed by atoms with Gasteiger partial charge < -0.3 is 10.1 Å². The maximum Gasteiger partial charge on any atom is 0.341 e. The number of carbonyl (C=O) groups is 1. The first-order valence-corrected chi connectivity index (χ1v) is 6.84. The number of aryl methyl sites for hydroxylation is 1. The van der Waals surface area contributed by atoms with Crippen molar-refractivity contribution in [2.75, 3.05) is 18.5 Å². The van der Waals surface area contributed by atoms with Crippen LogP contribution in [0.4, 0.5) is 5.95 Å². The number of nitrogens with zero attached hydrogens (tertiary/aromatic N) is 3. The van der Waals surface area contributed by atoms with Crippen molar-refractivity contribution in [1.29, 1.82) is 0 Å². The summed E-state index contributed by atoms with van der Waals surface area (Å²) in [4.78, 5) is 24.0. The molecule has 0 atom stereocenters. The van der Waals surface area contributed by atoms with Gasteiger partial charge in [0.2, 0.25) is 5.95 Å². The van der Waals surface area contributed by atoms with Crippen LogP contribution in [0.3, 0.4) is 0 Å². The Morgan fingerprint density at radius 2 is 2.10 bits per heavy atom. The molecule has 0 aliphatic carbocycles. The molecule has 0 bridgehead atoms. The maximum atomic E-state index is 11.6. The fourth-order valence-corrected chi connectivity index (χ4v) is 1.83. The number of aromatic nitrogens is 3. The Bertz CT molecular complexity index is 602. The Balaban J connectivity index is 1.93. The molecular weight excluding hydrogens is 268 g/mol. The quantitative estimate of drug-likeness (QED) is 0.819. The third kappa shape index (κ3) is 4.24. The summed E-state index contributed by atoms with van der Waals surface area (Å²) in [5.41, 5.74) is 2.20. The van der Waals surface area contributed by atoms with E-state index in [1.54, 1.807) is 26.2 Å². The van der Waals surface area contributed by atoms with Gasteiger partial charge in [0.1, 0.15) is 0 Å². The molecule has 2 aromatic rings.